The van der Waals surface area contributed by atoms with Crippen LogP contribution in [0.2, 0.25) is 0 Å². The summed E-state index contributed by atoms with van der Waals surface area (Å²) in [5, 5.41) is 12.7. The molecule has 0 radical (unpaired) electrons. The van der Waals surface area contributed by atoms with Gasteiger partial charge < -0.3 is 24.7 Å². The molecule has 0 bridgehead atoms. The number of nitrogens with zero attached hydrogens (tertiary/aromatic N) is 1. The number of hydrogen-bond donors (Lipinski definition) is 2. The van der Waals surface area contributed by atoms with Crippen LogP contribution in [-0.2, 0) is 20.7 Å². The fourth-order valence-corrected chi connectivity index (χ4v) is 3.44. The number of amides is 1. The highest BCUT2D eigenvalue weighted by Gasteiger charge is 2.28. The summed E-state index contributed by atoms with van der Waals surface area (Å²) < 4.78 is 25.2. The van der Waals surface area contributed by atoms with Crippen LogP contribution in [0.3, 0.4) is 0 Å². The van der Waals surface area contributed by atoms with Crippen LogP contribution >= 0.6 is 0 Å². The van der Waals surface area contributed by atoms with Gasteiger partial charge in [-0.2, -0.15) is 0 Å². The molecule has 0 spiro atoms. The number of aldehydes is 1. The first-order chi connectivity index (χ1) is 17.2. The van der Waals surface area contributed by atoms with Crippen LogP contribution in [-0.4, -0.2) is 40.4 Å². The van der Waals surface area contributed by atoms with Crippen molar-refractivity contribution >= 4 is 18.2 Å². The summed E-state index contributed by atoms with van der Waals surface area (Å²) in [5.41, 5.74) is 1.57. The molecule has 0 aliphatic heterocycles. The number of carbonyl (C=O) groups excluding carboxylic acids is 3. The van der Waals surface area contributed by atoms with E-state index in [9.17, 15) is 23.9 Å². The first-order valence-electron chi connectivity index (χ1n) is 11.3. The molecule has 0 aliphatic rings. The van der Waals surface area contributed by atoms with Gasteiger partial charge in [0.15, 0.2) is 17.5 Å². The summed E-state index contributed by atoms with van der Waals surface area (Å²) in [6, 6.07) is 13.3. The van der Waals surface area contributed by atoms with Crippen molar-refractivity contribution in [3.8, 4) is 11.5 Å². The number of ether oxygens (including phenoxy) is 2. The molecule has 3 aromatic rings. The minimum absolute atomic E-state index is 0.0878. The molecule has 2 N–H and O–H groups in total. The monoisotopic (exact) mass is 494 g/mol. The lowest BCUT2D eigenvalue weighted by Gasteiger charge is -2.27. The number of aromatic nitrogens is 1. The zero-order chi connectivity index (χ0) is 26.2. The second-order valence-corrected chi connectivity index (χ2v) is 8.28. The van der Waals surface area contributed by atoms with Crippen molar-refractivity contribution in [3.63, 3.8) is 0 Å². The van der Waals surface area contributed by atoms with E-state index in [1.54, 1.807) is 31.2 Å². The number of pyridine rings is 1. The molecule has 1 heterocycles. The van der Waals surface area contributed by atoms with Crippen LogP contribution in [0.4, 0.5) is 4.39 Å². The van der Waals surface area contributed by atoms with Crippen molar-refractivity contribution in [2.75, 3.05) is 0 Å². The summed E-state index contributed by atoms with van der Waals surface area (Å²) in [4.78, 5) is 40.0. The number of aryl methyl sites for hydroxylation is 1. The molecule has 0 saturated carbocycles. The summed E-state index contributed by atoms with van der Waals surface area (Å²) in [6.45, 7) is 4.99. The predicted octanol–water partition coefficient (Wildman–Crippen LogP) is 3.85. The van der Waals surface area contributed by atoms with Crippen molar-refractivity contribution in [1.29, 1.82) is 0 Å². The van der Waals surface area contributed by atoms with E-state index < -0.39 is 41.7 Å². The molecular formula is C27H27FN2O6. The summed E-state index contributed by atoms with van der Waals surface area (Å²) >= 11 is 0. The molecule has 36 heavy (non-hydrogen) atoms. The number of esters is 1. The SMILES string of the molecule is Cc1ccc(OC(c2ccc(F)cc2)C(C)OC(=O)[C@H](C)NC(=O)c2nccc(CC=O)c2O)cc1. The number of hydrogen-bond acceptors (Lipinski definition) is 7. The second kappa shape index (κ2) is 11.9. The van der Waals surface area contributed by atoms with Crippen molar-refractivity contribution in [2.24, 2.45) is 0 Å². The van der Waals surface area contributed by atoms with Crippen LogP contribution in [0.25, 0.3) is 0 Å². The Morgan fingerprint density at radius 3 is 2.39 bits per heavy atom. The van der Waals surface area contributed by atoms with Crippen molar-refractivity contribution < 1.29 is 33.4 Å². The molecular weight excluding hydrogens is 467 g/mol. The first-order valence-corrected chi connectivity index (χ1v) is 11.3. The van der Waals surface area contributed by atoms with E-state index in [2.05, 4.69) is 10.3 Å². The maximum Gasteiger partial charge on any atom is 0.328 e. The third-order valence-electron chi connectivity index (χ3n) is 5.44. The van der Waals surface area contributed by atoms with E-state index in [1.165, 1.54) is 31.3 Å². The molecule has 3 rings (SSSR count). The Bertz CT molecular complexity index is 1210. The maximum atomic E-state index is 13.5. The van der Waals surface area contributed by atoms with Crippen LogP contribution in [0.1, 0.15) is 47.1 Å². The Kier molecular flexibility index (Phi) is 8.72. The Morgan fingerprint density at radius 2 is 1.75 bits per heavy atom. The van der Waals surface area contributed by atoms with Gasteiger partial charge in [0.2, 0.25) is 0 Å². The van der Waals surface area contributed by atoms with E-state index in [0.717, 1.165) is 5.56 Å². The number of carbonyl (C=O) groups is 3. The third-order valence-corrected chi connectivity index (χ3v) is 5.44. The molecule has 9 heteroatoms. The van der Waals surface area contributed by atoms with Crippen molar-refractivity contribution in [3.05, 3.63) is 89.0 Å². The standard InChI is InChI=1S/C27H27FN2O6/c1-16-4-10-22(11-5-16)36-25(20-6-8-21(28)9-7-20)18(3)35-27(34)17(2)30-26(33)23-24(32)19(13-15-31)12-14-29-23/h4-12,14-15,17-18,25,32H,13H2,1-3H3,(H,30,33)/t17-,18?,25?/m0/s1. The Balaban J connectivity index is 1.72. The zero-order valence-electron chi connectivity index (χ0n) is 20.1. The van der Waals surface area contributed by atoms with Gasteiger partial charge in [-0.25, -0.2) is 14.2 Å². The van der Waals surface area contributed by atoms with Gasteiger partial charge in [0.25, 0.3) is 5.91 Å². The van der Waals surface area contributed by atoms with Gasteiger partial charge in [-0.3, -0.25) is 4.79 Å². The Morgan fingerprint density at radius 1 is 1.08 bits per heavy atom. The molecule has 1 aromatic heterocycles. The number of benzene rings is 2. The zero-order valence-corrected chi connectivity index (χ0v) is 20.1. The van der Waals surface area contributed by atoms with Gasteiger partial charge >= 0.3 is 5.97 Å². The van der Waals surface area contributed by atoms with Gasteiger partial charge in [-0.15, -0.1) is 0 Å². The lowest BCUT2D eigenvalue weighted by molar-refractivity contribution is -0.154. The molecule has 8 nitrogen and oxygen atoms in total. The van der Waals surface area contributed by atoms with Gasteiger partial charge in [-0.05, 0) is 56.7 Å². The van der Waals surface area contributed by atoms with Gasteiger partial charge in [0.05, 0.1) is 0 Å². The lowest BCUT2D eigenvalue weighted by Crippen LogP contribution is -2.42. The fourth-order valence-electron chi connectivity index (χ4n) is 3.44. The number of aromatic hydroxyl groups is 1. The minimum atomic E-state index is -1.09. The normalized spacial score (nSPS) is 13.2. The van der Waals surface area contributed by atoms with E-state index in [1.807, 2.05) is 19.1 Å². The molecule has 2 aromatic carbocycles. The predicted molar refractivity (Wildman–Crippen MR) is 129 cm³/mol. The first kappa shape index (κ1) is 26.3. The molecule has 0 saturated heterocycles. The third kappa shape index (κ3) is 6.65. The summed E-state index contributed by atoms with van der Waals surface area (Å²) in [7, 11) is 0. The molecule has 0 aliphatic carbocycles. The molecule has 0 fully saturated rings. The van der Waals surface area contributed by atoms with E-state index in [4.69, 9.17) is 9.47 Å². The van der Waals surface area contributed by atoms with Crippen molar-refractivity contribution in [2.45, 2.75) is 45.4 Å². The molecule has 3 atom stereocenters. The van der Waals surface area contributed by atoms with E-state index in [-0.39, 0.29) is 17.7 Å². The average molecular weight is 495 g/mol. The Labute approximate surface area is 208 Å². The maximum absolute atomic E-state index is 13.5. The quantitative estimate of drug-likeness (QED) is 0.325. The smallest absolute Gasteiger partial charge is 0.328 e. The Hall–Kier alpha value is -4.27. The molecule has 1 amide bonds. The van der Waals surface area contributed by atoms with Crippen LogP contribution in [0.15, 0.2) is 60.8 Å². The lowest BCUT2D eigenvalue weighted by atomic mass is 10.0. The summed E-state index contributed by atoms with van der Waals surface area (Å²) in [5.74, 6) is -1.86. The molecule has 188 valence electrons. The highest BCUT2D eigenvalue weighted by Crippen LogP contribution is 2.27. The number of halogens is 1. The van der Waals surface area contributed by atoms with Crippen LogP contribution < -0.4 is 10.1 Å². The average Bonchev–Trinajstić information content (AvgIpc) is 2.85. The van der Waals surface area contributed by atoms with Gasteiger partial charge in [0.1, 0.15) is 30.0 Å². The van der Waals surface area contributed by atoms with Gasteiger partial charge in [-0.1, -0.05) is 29.8 Å². The minimum Gasteiger partial charge on any atom is -0.505 e. The largest absolute Gasteiger partial charge is 0.505 e. The highest BCUT2D eigenvalue weighted by atomic mass is 19.1. The van der Waals surface area contributed by atoms with Crippen molar-refractivity contribution in [1.82, 2.24) is 10.3 Å². The number of rotatable bonds is 10. The summed E-state index contributed by atoms with van der Waals surface area (Å²) in [6.07, 6.45) is 0.217. The van der Waals surface area contributed by atoms with Crippen LogP contribution in [0.5, 0.6) is 11.5 Å². The molecule has 2 unspecified atom stereocenters. The van der Waals surface area contributed by atoms with E-state index in [0.29, 0.717) is 17.6 Å². The fraction of sp³-hybridized carbons (Fsp3) is 0.259. The van der Waals surface area contributed by atoms with Gasteiger partial charge in [0, 0.05) is 18.2 Å². The second-order valence-electron chi connectivity index (χ2n) is 8.28. The topological polar surface area (TPSA) is 115 Å². The number of nitrogens with one attached hydrogen (secondary N) is 1. The van der Waals surface area contributed by atoms with E-state index >= 15 is 0 Å². The highest BCUT2D eigenvalue weighted by molar-refractivity contribution is 5.97. The van der Waals surface area contributed by atoms with Crippen LogP contribution in [0, 0.1) is 12.7 Å².